The monoisotopic (exact) mass is 605 g/mol. The van der Waals surface area contributed by atoms with Gasteiger partial charge in [0.25, 0.3) is 0 Å². The van der Waals surface area contributed by atoms with Gasteiger partial charge in [-0.05, 0) is 72.5 Å². The zero-order valence-electron chi connectivity index (χ0n) is 25.5. The molecule has 43 heavy (non-hydrogen) atoms. The molecule has 0 amide bonds. The zero-order valence-corrected chi connectivity index (χ0v) is 26.2. The Morgan fingerprint density at radius 1 is 0.767 bits per heavy atom. The third kappa shape index (κ3) is 10.0. The number of ether oxygens (including phenoxy) is 1. The maximum Gasteiger partial charge on any atom is 0.306 e. The Bertz CT molecular complexity index is 1280. The third-order valence-corrected chi connectivity index (χ3v) is 8.84. The van der Waals surface area contributed by atoms with Crippen LogP contribution in [-0.2, 0) is 15.1 Å². The molecule has 1 heterocycles. The minimum Gasteiger partial charge on any atom is -0.454 e. The highest BCUT2D eigenvalue weighted by Crippen LogP contribution is 2.38. The summed E-state index contributed by atoms with van der Waals surface area (Å²) < 4.78 is 19.6. The normalized spacial score (nSPS) is 14.9. The first kappa shape index (κ1) is 32.9. The summed E-state index contributed by atoms with van der Waals surface area (Å²) in [5, 5.41) is 0.707. The fraction of sp³-hybridized carbons (Fsp3) is 0.459. The van der Waals surface area contributed by atoms with Gasteiger partial charge in [0, 0.05) is 49.4 Å². The molecule has 3 aromatic rings. The minimum atomic E-state index is -0.656. The average Bonchev–Trinajstić information content (AvgIpc) is 3.02. The molecule has 230 valence electrons. The van der Waals surface area contributed by atoms with Gasteiger partial charge in [-0.2, -0.15) is 0 Å². The molecular weight excluding hydrogens is 561 g/mol. The highest BCUT2D eigenvalue weighted by atomic mass is 35.5. The smallest absolute Gasteiger partial charge is 0.306 e. The molecule has 0 bridgehead atoms. The number of hydrogen-bond acceptors (Lipinski definition) is 4. The van der Waals surface area contributed by atoms with E-state index in [9.17, 15) is 14.0 Å². The Morgan fingerprint density at radius 3 is 1.98 bits per heavy atom. The van der Waals surface area contributed by atoms with Gasteiger partial charge in [-0.3, -0.25) is 9.59 Å². The van der Waals surface area contributed by atoms with Gasteiger partial charge in [-0.1, -0.05) is 93.4 Å². The molecule has 0 aromatic heterocycles. The summed E-state index contributed by atoms with van der Waals surface area (Å²) in [5.41, 5.74) is 3.11. The van der Waals surface area contributed by atoms with Gasteiger partial charge in [0.15, 0.2) is 5.78 Å². The predicted molar refractivity (Wildman–Crippen MR) is 173 cm³/mol. The van der Waals surface area contributed by atoms with Crippen LogP contribution in [0.15, 0.2) is 72.8 Å². The van der Waals surface area contributed by atoms with Gasteiger partial charge < -0.3 is 9.64 Å². The van der Waals surface area contributed by atoms with Crippen molar-refractivity contribution in [3.8, 4) is 11.1 Å². The number of hydrogen-bond donors (Lipinski definition) is 0. The first-order chi connectivity index (χ1) is 20.9. The third-order valence-electron chi connectivity index (χ3n) is 8.59. The second-order valence-electron chi connectivity index (χ2n) is 11.8. The lowest BCUT2D eigenvalue weighted by atomic mass is 9.83. The standard InChI is InChI=1S/C37H45ClFNO3/c1-2-3-4-5-6-7-8-11-36(42)43-37(32-18-12-29(13-19-32)30-14-20-33(38)21-15-30)24-27-40(28-25-37)26-9-10-35(41)31-16-22-34(39)23-17-31/h12-23H,2-11,24-28H2,1H3. The molecule has 0 unspecified atom stereocenters. The first-order valence-electron chi connectivity index (χ1n) is 16.0. The number of esters is 1. The van der Waals surface area contributed by atoms with Crippen LogP contribution in [-0.4, -0.2) is 36.3 Å². The summed E-state index contributed by atoms with van der Waals surface area (Å²) in [6.07, 6.45) is 11.1. The maximum atomic E-state index is 13.2. The van der Waals surface area contributed by atoms with Crippen molar-refractivity contribution in [3.63, 3.8) is 0 Å². The van der Waals surface area contributed by atoms with Crippen LogP contribution in [0.25, 0.3) is 11.1 Å². The largest absolute Gasteiger partial charge is 0.454 e. The highest BCUT2D eigenvalue weighted by Gasteiger charge is 2.39. The van der Waals surface area contributed by atoms with E-state index in [1.54, 1.807) is 12.1 Å². The summed E-state index contributed by atoms with van der Waals surface area (Å²) in [6.45, 7) is 4.59. The predicted octanol–water partition coefficient (Wildman–Crippen LogP) is 9.78. The number of ketones is 1. The highest BCUT2D eigenvalue weighted by molar-refractivity contribution is 6.30. The van der Waals surface area contributed by atoms with Crippen LogP contribution in [0.2, 0.25) is 5.02 Å². The summed E-state index contributed by atoms with van der Waals surface area (Å²) >= 11 is 6.08. The van der Waals surface area contributed by atoms with E-state index in [4.69, 9.17) is 16.3 Å². The fourth-order valence-corrected chi connectivity index (χ4v) is 6.06. The fourth-order valence-electron chi connectivity index (χ4n) is 5.93. The van der Waals surface area contributed by atoms with Crippen molar-refractivity contribution < 1.29 is 18.7 Å². The summed E-state index contributed by atoms with van der Waals surface area (Å²) in [7, 11) is 0. The lowest BCUT2D eigenvalue weighted by Crippen LogP contribution is -2.45. The molecule has 4 rings (SSSR count). The molecule has 1 aliphatic heterocycles. The Kier molecular flexibility index (Phi) is 12.8. The molecule has 1 saturated heterocycles. The molecule has 6 heteroatoms. The molecule has 1 fully saturated rings. The number of unbranched alkanes of at least 4 members (excludes halogenated alkanes) is 6. The summed E-state index contributed by atoms with van der Waals surface area (Å²) in [5.74, 6) is -0.420. The second kappa shape index (κ2) is 16.7. The van der Waals surface area contributed by atoms with E-state index in [-0.39, 0.29) is 17.6 Å². The number of likely N-dealkylation sites (tertiary alicyclic amines) is 1. The number of benzene rings is 3. The molecule has 0 N–H and O–H groups in total. The maximum absolute atomic E-state index is 13.2. The lowest BCUT2D eigenvalue weighted by molar-refractivity contribution is -0.167. The number of Topliss-reactive ketones (excluding diaryl/α,β-unsaturated/α-hetero) is 1. The van der Waals surface area contributed by atoms with Crippen molar-refractivity contribution in [1.82, 2.24) is 4.90 Å². The van der Waals surface area contributed by atoms with Crippen LogP contribution in [0.4, 0.5) is 4.39 Å². The molecule has 0 atom stereocenters. The van der Waals surface area contributed by atoms with Crippen LogP contribution in [0.5, 0.6) is 0 Å². The van der Waals surface area contributed by atoms with E-state index < -0.39 is 5.60 Å². The van der Waals surface area contributed by atoms with E-state index in [0.29, 0.717) is 36.3 Å². The molecule has 0 spiro atoms. The number of rotatable bonds is 16. The van der Waals surface area contributed by atoms with E-state index in [0.717, 1.165) is 55.6 Å². The van der Waals surface area contributed by atoms with Crippen molar-refractivity contribution in [2.24, 2.45) is 0 Å². The van der Waals surface area contributed by atoms with Gasteiger partial charge in [0.2, 0.25) is 0 Å². The van der Waals surface area contributed by atoms with E-state index >= 15 is 0 Å². The Hall–Kier alpha value is -3.02. The lowest BCUT2D eigenvalue weighted by Gasteiger charge is -2.41. The van der Waals surface area contributed by atoms with Gasteiger partial charge in [0.1, 0.15) is 11.4 Å². The first-order valence-corrected chi connectivity index (χ1v) is 16.4. The number of halogens is 2. The molecule has 1 aliphatic rings. The van der Waals surface area contributed by atoms with Crippen molar-refractivity contribution in [2.45, 2.75) is 89.6 Å². The van der Waals surface area contributed by atoms with Crippen molar-refractivity contribution in [1.29, 1.82) is 0 Å². The quantitative estimate of drug-likeness (QED) is 0.0926. The second-order valence-corrected chi connectivity index (χ2v) is 12.2. The number of carbonyl (C=O) groups is 2. The number of nitrogens with zero attached hydrogens (tertiary/aromatic N) is 1. The molecule has 4 nitrogen and oxygen atoms in total. The van der Waals surface area contributed by atoms with E-state index in [1.165, 1.54) is 44.2 Å². The topological polar surface area (TPSA) is 46.6 Å². The average molecular weight is 606 g/mol. The van der Waals surface area contributed by atoms with Crippen molar-refractivity contribution >= 4 is 23.4 Å². The summed E-state index contributed by atoms with van der Waals surface area (Å²) in [4.78, 5) is 28.0. The molecule has 0 aliphatic carbocycles. The van der Waals surface area contributed by atoms with Crippen molar-refractivity contribution in [3.05, 3.63) is 94.8 Å². The van der Waals surface area contributed by atoms with Crippen molar-refractivity contribution in [2.75, 3.05) is 19.6 Å². The molecule has 0 radical (unpaired) electrons. The van der Waals surface area contributed by atoms with Gasteiger partial charge >= 0.3 is 5.97 Å². The number of piperidine rings is 1. The molecular formula is C37H45ClFNO3. The molecule has 3 aromatic carbocycles. The summed E-state index contributed by atoms with van der Waals surface area (Å²) in [6, 6.07) is 21.9. The van der Waals surface area contributed by atoms with E-state index in [2.05, 4.69) is 36.1 Å². The Morgan fingerprint density at radius 2 is 1.35 bits per heavy atom. The zero-order chi connectivity index (χ0) is 30.5. The van der Waals surface area contributed by atoms with Crippen LogP contribution < -0.4 is 0 Å². The number of carbonyl (C=O) groups excluding carboxylic acids is 2. The van der Waals surface area contributed by atoms with Crippen LogP contribution in [0.1, 0.15) is 99.9 Å². The Labute approximate surface area is 261 Å². The Balaban J connectivity index is 1.35. The molecule has 0 saturated carbocycles. The van der Waals surface area contributed by atoms with Gasteiger partial charge in [-0.25, -0.2) is 4.39 Å². The van der Waals surface area contributed by atoms with Crippen LogP contribution in [0, 0.1) is 5.82 Å². The minimum absolute atomic E-state index is 0.0337. The van der Waals surface area contributed by atoms with Crippen LogP contribution in [0.3, 0.4) is 0 Å². The SMILES string of the molecule is CCCCCCCCCC(=O)OC1(c2ccc(-c3ccc(Cl)cc3)cc2)CCN(CCCC(=O)c2ccc(F)cc2)CC1. The van der Waals surface area contributed by atoms with E-state index in [1.807, 2.05) is 24.3 Å². The van der Waals surface area contributed by atoms with Crippen LogP contribution >= 0.6 is 11.6 Å². The van der Waals surface area contributed by atoms with Gasteiger partial charge in [0.05, 0.1) is 0 Å². The van der Waals surface area contributed by atoms with Gasteiger partial charge in [-0.15, -0.1) is 0 Å².